The van der Waals surface area contributed by atoms with Gasteiger partial charge in [0.05, 0.1) is 18.8 Å². The van der Waals surface area contributed by atoms with Crippen molar-refractivity contribution in [2.24, 2.45) is 0 Å². The summed E-state index contributed by atoms with van der Waals surface area (Å²) in [7, 11) is 1.33. The Bertz CT molecular complexity index is 320. The van der Waals surface area contributed by atoms with Gasteiger partial charge in [0.1, 0.15) is 0 Å². The van der Waals surface area contributed by atoms with E-state index in [0.717, 1.165) is 0 Å². The third-order valence-electron chi connectivity index (χ3n) is 2.11. The Morgan fingerprint density at radius 3 is 2.71 bits per heavy atom. The molecule has 0 fully saturated rings. The highest BCUT2D eigenvalue weighted by Crippen LogP contribution is 2.20. The SMILES string of the molecule is CCC(O)c1ccccc1C(=O)OC. The predicted molar refractivity (Wildman–Crippen MR) is 53.0 cm³/mol. The van der Waals surface area contributed by atoms with Crippen LogP contribution in [0.3, 0.4) is 0 Å². The van der Waals surface area contributed by atoms with E-state index in [4.69, 9.17) is 0 Å². The fourth-order valence-electron chi connectivity index (χ4n) is 1.30. The van der Waals surface area contributed by atoms with Crippen molar-refractivity contribution < 1.29 is 14.6 Å². The number of rotatable bonds is 3. The number of carbonyl (C=O) groups excluding carboxylic acids is 1. The predicted octanol–water partition coefficient (Wildman–Crippen LogP) is 1.92. The smallest absolute Gasteiger partial charge is 0.338 e. The molecule has 1 rings (SSSR count). The molecule has 0 aliphatic heterocycles. The first-order valence-corrected chi connectivity index (χ1v) is 4.56. The lowest BCUT2D eigenvalue weighted by atomic mass is 10.0. The van der Waals surface area contributed by atoms with Gasteiger partial charge in [-0.25, -0.2) is 4.79 Å². The molecule has 3 heteroatoms. The number of benzene rings is 1. The molecular weight excluding hydrogens is 180 g/mol. The summed E-state index contributed by atoms with van der Waals surface area (Å²) in [6, 6.07) is 6.93. The monoisotopic (exact) mass is 194 g/mol. The van der Waals surface area contributed by atoms with Crippen molar-refractivity contribution in [3.63, 3.8) is 0 Å². The average molecular weight is 194 g/mol. The van der Waals surface area contributed by atoms with Gasteiger partial charge in [0.15, 0.2) is 0 Å². The molecule has 0 bridgehead atoms. The Morgan fingerprint density at radius 1 is 1.50 bits per heavy atom. The van der Waals surface area contributed by atoms with Crippen molar-refractivity contribution in [1.82, 2.24) is 0 Å². The summed E-state index contributed by atoms with van der Waals surface area (Å²) in [5.41, 5.74) is 1.06. The Labute approximate surface area is 83.3 Å². The second-order valence-electron chi connectivity index (χ2n) is 3.00. The highest BCUT2D eigenvalue weighted by molar-refractivity contribution is 5.91. The molecule has 0 saturated carbocycles. The van der Waals surface area contributed by atoms with Gasteiger partial charge in [0.2, 0.25) is 0 Å². The molecule has 76 valence electrons. The number of ether oxygens (including phenoxy) is 1. The third-order valence-corrected chi connectivity index (χ3v) is 2.11. The molecule has 0 saturated heterocycles. The summed E-state index contributed by atoms with van der Waals surface area (Å²) in [6.07, 6.45) is -0.0288. The average Bonchev–Trinajstić information content (AvgIpc) is 2.27. The summed E-state index contributed by atoms with van der Waals surface area (Å²) in [4.78, 5) is 11.3. The topological polar surface area (TPSA) is 46.5 Å². The molecule has 3 nitrogen and oxygen atoms in total. The zero-order valence-corrected chi connectivity index (χ0v) is 8.36. The van der Waals surface area contributed by atoms with Gasteiger partial charge in [-0.2, -0.15) is 0 Å². The molecule has 0 aliphatic carbocycles. The molecule has 0 aromatic heterocycles. The first kappa shape index (κ1) is 10.7. The minimum atomic E-state index is -0.606. The van der Waals surface area contributed by atoms with E-state index in [1.165, 1.54) is 7.11 Å². The van der Waals surface area contributed by atoms with Gasteiger partial charge in [-0.15, -0.1) is 0 Å². The van der Waals surface area contributed by atoms with E-state index in [1.807, 2.05) is 6.92 Å². The minimum absolute atomic E-state index is 0.409. The van der Waals surface area contributed by atoms with E-state index in [9.17, 15) is 9.90 Å². The quantitative estimate of drug-likeness (QED) is 0.748. The maximum atomic E-state index is 11.3. The van der Waals surface area contributed by atoms with Crippen molar-refractivity contribution in [2.75, 3.05) is 7.11 Å². The highest BCUT2D eigenvalue weighted by Gasteiger charge is 2.15. The fraction of sp³-hybridized carbons (Fsp3) is 0.364. The number of aliphatic hydroxyl groups is 1. The van der Waals surface area contributed by atoms with Gasteiger partial charge >= 0.3 is 5.97 Å². The molecule has 14 heavy (non-hydrogen) atoms. The Morgan fingerprint density at radius 2 is 2.14 bits per heavy atom. The molecule has 1 unspecified atom stereocenters. The first-order chi connectivity index (χ1) is 6.70. The van der Waals surface area contributed by atoms with E-state index in [0.29, 0.717) is 17.5 Å². The summed E-state index contributed by atoms with van der Waals surface area (Å²) < 4.78 is 4.62. The van der Waals surface area contributed by atoms with Gasteiger partial charge in [0.25, 0.3) is 0 Å². The highest BCUT2D eigenvalue weighted by atomic mass is 16.5. The van der Waals surface area contributed by atoms with E-state index >= 15 is 0 Å². The normalized spacial score (nSPS) is 12.2. The molecule has 1 atom stereocenters. The van der Waals surface area contributed by atoms with E-state index in [1.54, 1.807) is 24.3 Å². The molecule has 1 N–H and O–H groups in total. The lowest BCUT2D eigenvalue weighted by molar-refractivity contribution is 0.0593. The van der Waals surface area contributed by atoms with Crippen LogP contribution < -0.4 is 0 Å². The minimum Gasteiger partial charge on any atom is -0.465 e. The summed E-state index contributed by atoms with van der Waals surface area (Å²) in [5.74, 6) is -0.409. The molecule has 1 aromatic rings. The van der Waals surface area contributed by atoms with Crippen molar-refractivity contribution in [3.05, 3.63) is 35.4 Å². The summed E-state index contributed by atoms with van der Waals surface area (Å²) in [5, 5.41) is 9.65. The van der Waals surface area contributed by atoms with Crippen LogP contribution in [0.5, 0.6) is 0 Å². The van der Waals surface area contributed by atoms with Gasteiger partial charge in [-0.1, -0.05) is 25.1 Å². The first-order valence-electron chi connectivity index (χ1n) is 4.56. The Balaban J connectivity index is 3.09. The van der Waals surface area contributed by atoms with Crippen molar-refractivity contribution >= 4 is 5.97 Å². The number of carbonyl (C=O) groups is 1. The van der Waals surface area contributed by atoms with Gasteiger partial charge in [-0.05, 0) is 18.1 Å². The summed E-state index contributed by atoms with van der Waals surface area (Å²) in [6.45, 7) is 1.86. The van der Waals surface area contributed by atoms with Crippen molar-refractivity contribution in [3.8, 4) is 0 Å². The Hall–Kier alpha value is -1.35. The Kier molecular flexibility index (Phi) is 3.65. The zero-order valence-electron chi connectivity index (χ0n) is 8.36. The second-order valence-corrected chi connectivity index (χ2v) is 3.00. The van der Waals surface area contributed by atoms with Crippen molar-refractivity contribution in [2.45, 2.75) is 19.4 Å². The van der Waals surface area contributed by atoms with Crippen molar-refractivity contribution in [1.29, 1.82) is 0 Å². The largest absolute Gasteiger partial charge is 0.465 e. The number of methoxy groups -OCH3 is 1. The van der Waals surface area contributed by atoms with Crippen LogP contribution in [-0.4, -0.2) is 18.2 Å². The lowest BCUT2D eigenvalue weighted by Crippen LogP contribution is -2.08. The second kappa shape index (κ2) is 4.77. The fourth-order valence-corrected chi connectivity index (χ4v) is 1.30. The number of hydrogen-bond donors (Lipinski definition) is 1. The van der Waals surface area contributed by atoms with E-state index < -0.39 is 12.1 Å². The third kappa shape index (κ3) is 2.12. The molecule has 0 radical (unpaired) electrons. The summed E-state index contributed by atoms with van der Waals surface area (Å²) >= 11 is 0. The maximum Gasteiger partial charge on any atom is 0.338 e. The van der Waals surface area contributed by atoms with Gasteiger partial charge in [0, 0.05) is 0 Å². The molecule has 0 aliphatic rings. The standard InChI is InChI=1S/C11H14O3/c1-3-10(12)8-6-4-5-7-9(8)11(13)14-2/h4-7,10,12H,3H2,1-2H3. The van der Waals surface area contributed by atoms with Gasteiger partial charge in [-0.3, -0.25) is 0 Å². The lowest BCUT2D eigenvalue weighted by Gasteiger charge is -2.11. The van der Waals surface area contributed by atoms with Crippen LogP contribution in [0.1, 0.15) is 35.4 Å². The van der Waals surface area contributed by atoms with Crippen LogP contribution in [-0.2, 0) is 4.74 Å². The van der Waals surface area contributed by atoms with Crippen LogP contribution in [0.4, 0.5) is 0 Å². The molecule has 1 aromatic carbocycles. The molecule has 0 spiro atoms. The number of hydrogen-bond acceptors (Lipinski definition) is 3. The van der Waals surface area contributed by atoms with E-state index in [-0.39, 0.29) is 0 Å². The zero-order chi connectivity index (χ0) is 10.6. The number of esters is 1. The van der Waals surface area contributed by atoms with Gasteiger partial charge < -0.3 is 9.84 Å². The van der Waals surface area contributed by atoms with E-state index in [2.05, 4.69) is 4.74 Å². The van der Waals surface area contributed by atoms with Crippen LogP contribution in [0, 0.1) is 0 Å². The van der Waals surface area contributed by atoms with Crippen LogP contribution in [0.2, 0.25) is 0 Å². The van der Waals surface area contributed by atoms with Crippen LogP contribution >= 0.6 is 0 Å². The molecule has 0 amide bonds. The molecule has 0 heterocycles. The molecular formula is C11H14O3. The van der Waals surface area contributed by atoms with Crippen LogP contribution in [0.15, 0.2) is 24.3 Å². The van der Waals surface area contributed by atoms with Crippen LogP contribution in [0.25, 0.3) is 0 Å². The number of aliphatic hydroxyl groups excluding tert-OH is 1. The maximum absolute atomic E-state index is 11.3.